The number of carbonyl (C=O) groups is 1. The maximum Gasteiger partial charge on any atom is 0.264 e. The molecule has 0 aliphatic heterocycles. The van der Waals surface area contributed by atoms with Gasteiger partial charge in [0, 0.05) is 16.6 Å². The van der Waals surface area contributed by atoms with Crippen molar-refractivity contribution in [1.82, 2.24) is 0 Å². The Hall–Kier alpha value is -3.37. The minimum atomic E-state index is -4.14. The van der Waals surface area contributed by atoms with Crippen molar-refractivity contribution in [2.75, 3.05) is 43.8 Å². The second kappa shape index (κ2) is 11.2. The summed E-state index contributed by atoms with van der Waals surface area (Å²) in [6.45, 7) is -0.438. The van der Waals surface area contributed by atoms with E-state index in [4.69, 9.17) is 14.2 Å². The van der Waals surface area contributed by atoms with E-state index in [2.05, 4.69) is 5.32 Å². The lowest BCUT2D eigenvalue weighted by Gasteiger charge is -2.24. The van der Waals surface area contributed by atoms with Gasteiger partial charge in [-0.05, 0) is 60.9 Å². The van der Waals surface area contributed by atoms with E-state index in [1.165, 1.54) is 39.5 Å². The second-order valence-electron chi connectivity index (χ2n) is 7.01. The first-order valence-corrected chi connectivity index (χ1v) is 12.8. The van der Waals surface area contributed by atoms with Crippen LogP contribution in [0.2, 0.25) is 0 Å². The molecule has 3 aromatic rings. The van der Waals surface area contributed by atoms with Gasteiger partial charge in [-0.2, -0.15) is 0 Å². The van der Waals surface area contributed by atoms with Crippen LogP contribution in [0.3, 0.4) is 0 Å². The number of benzene rings is 3. The lowest BCUT2D eigenvalue weighted by Crippen LogP contribution is -2.38. The summed E-state index contributed by atoms with van der Waals surface area (Å²) in [5.41, 5.74) is 0.888. The summed E-state index contributed by atoms with van der Waals surface area (Å²) >= 11 is 1.54. The molecule has 1 amide bonds. The standard InChI is InChI=1S/C24H26N2O6S2/c1-30-19-10-8-18(9-11-19)26(16-24(27)25-17-6-5-7-20(14-17)33-4)34(28,29)21-12-13-22(31-2)23(15-21)32-3/h5-15H,16H2,1-4H3,(H,25,27). The van der Waals surface area contributed by atoms with E-state index in [9.17, 15) is 13.2 Å². The number of hydrogen-bond donors (Lipinski definition) is 1. The molecule has 3 rings (SSSR count). The van der Waals surface area contributed by atoms with Gasteiger partial charge < -0.3 is 19.5 Å². The van der Waals surface area contributed by atoms with Crippen molar-refractivity contribution in [2.24, 2.45) is 0 Å². The van der Waals surface area contributed by atoms with Crippen LogP contribution in [0.5, 0.6) is 17.2 Å². The molecule has 3 aromatic carbocycles. The Morgan fingerprint density at radius 3 is 2.24 bits per heavy atom. The number of nitrogens with one attached hydrogen (secondary N) is 1. The van der Waals surface area contributed by atoms with E-state index in [0.29, 0.717) is 22.9 Å². The van der Waals surface area contributed by atoms with Gasteiger partial charge in [-0.15, -0.1) is 11.8 Å². The lowest BCUT2D eigenvalue weighted by molar-refractivity contribution is -0.114. The van der Waals surface area contributed by atoms with Gasteiger partial charge in [0.15, 0.2) is 11.5 Å². The van der Waals surface area contributed by atoms with E-state index < -0.39 is 22.5 Å². The predicted molar refractivity (Wildman–Crippen MR) is 134 cm³/mol. The molecule has 0 saturated heterocycles. The average molecular weight is 503 g/mol. The molecule has 10 heteroatoms. The van der Waals surface area contributed by atoms with Crippen molar-refractivity contribution in [3.63, 3.8) is 0 Å². The van der Waals surface area contributed by atoms with Gasteiger partial charge >= 0.3 is 0 Å². The van der Waals surface area contributed by atoms with Gasteiger partial charge in [0.25, 0.3) is 10.0 Å². The van der Waals surface area contributed by atoms with Crippen LogP contribution in [-0.2, 0) is 14.8 Å². The zero-order valence-corrected chi connectivity index (χ0v) is 20.9. The Bertz CT molecular complexity index is 1250. The van der Waals surface area contributed by atoms with Crippen molar-refractivity contribution in [2.45, 2.75) is 9.79 Å². The summed E-state index contributed by atoms with van der Waals surface area (Å²) in [6.07, 6.45) is 1.93. The third-order valence-electron chi connectivity index (χ3n) is 4.94. The quantitative estimate of drug-likeness (QED) is 0.414. The number of amides is 1. The van der Waals surface area contributed by atoms with Crippen molar-refractivity contribution in [1.29, 1.82) is 0 Å². The number of carbonyl (C=O) groups excluding carboxylic acids is 1. The largest absolute Gasteiger partial charge is 0.497 e. The molecule has 1 N–H and O–H groups in total. The number of sulfonamides is 1. The maximum atomic E-state index is 13.7. The third kappa shape index (κ3) is 5.75. The summed E-state index contributed by atoms with van der Waals surface area (Å²) in [6, 6.07) is 18.0. The first-order valence-electron chi connectivity index (χ1n) is 10.1. The summed E-state index contributed by atoms with van der Waals surface area (Å²) in [4.78, 5) is 13.9. The van der Waals surface area contributed by atoms with Crippen molar-refractivity contribution in [3.05, 3.63) is 66.7 Å². The van der Waals surface area contributed by atoms with E-state index >= 15 is 0 Å². The fraction of sp³-hybridized carbons (Fsp3) is 0.208. The Labute approximate surface area is 203 Å². The fourth-order valence-corrected chi connectivity index (χ4v) is 5.10. The number of methoxy groups -OCH3 is 3. The molecule has 0 aliphatic rings. The van der Waals surface area contributed by atoms with E-state index in [1.807, 2.05) is 24.5 Å². The number of thioether (sulfide) groups is 1. The van der Waals surface area contributed by atoms with Gasteiger partial charge in [0.1, 0.15) is 12.3 Å². The van der Waals surface area contributed by atoms with E-state index in [-0.39, 0.29) is 10.6 Å². The lowest BCUT2D eigenvalue weighted by atomic mass is 10.3. The third-order valence-corrected chi connectivity index (χ3v) is 7.44. The number of hydrogen-bond acceptors (Lipinski definition) is 7. The van der Waals surface area contributed by atoms with Crippen LogP contribution in [0.15, 0.2) is 76.5 Å². The van der Waals surface area contributed by atoms with Gasteiger partial charge in [0.2, 0.25) is 5.91 Å². The topological polar surface area (TPSA) is 94.2 Å². The normalized spacial score (nSPS) is 10.9. The SMILES string of the molecule is COc1ccc(N(CC(=O)Nc2cccc(SC)c2)S(=O)(=O)c2ccc(OC)c(OC)c2)cc1. The van der Waals surface area contributed by atoms with Crippen molar-refractivity contribution < 1.29 is 27.4 Å². The zero-order chi connectivity index (χ0) is 24.7. The maximum absolute atomic E-state index is 13.7. The molecule has 180 valence electrons. The number of rotatable bonds is 10. The highest BCUT2D eigenvalue weighted by atomic mass is 32.2. The number of nitrogens with zero attached hydrogens (tertiary/aromatic N) is 1. The number of ether oxygens (including phenoxy) is 3. The Kier molecular flexibility index (Phi) is 8.30. The predicted octanol–water partition coefficient (Wildman–Crippen LogP) is 4.27. The van der Waals surface area contributed by atoms with Crippen molar-refractivity contribution in [3.8, 4) is 17.2 Å². The van der Waals surface area contributed by atoms with Crippen LogP contribution >= 0.6 is 11.8 Å². The molecule has 0 bridgehead atoms. The summed E-state index contributed by atoms with van der Waals surface area (Å²) in [5.74, 6) is 0.726. The molecule has 0 unspecified atom stereocenters. The molecule has 34 heavy (non-hydrogen) atoms. The van der Waals surface area contributed by atoms with Crippen molar-refractivity contribution >= 4 is 39.1 Å². The fourth-order valence-electron chi connectivity index (χ4n) is 3.20. The molecule has 0 radical (unpaired) electrons. The first kappa shape index (κ1) is 25.3. The monoisotopic (exact) mass is 502 g/mol. The first-order chi connectivity index (χ1) is 16.3. The summed E-state index contributed by atoms with van der Waals surface area (Å²) in [5, 5.41) is 2.78. The van der Waals surface area contributed by atoms with Crippen LogP contribution in [0.1, 0.15) is 0 Å². The average Bonchev–Trinajstić information content (AvgIpc) is 2.86. The highest BCUT2D eigenvalue weighted by Gasteiger charge is 2.28. The van der Waals surface area contributed by atoms with Gasteiger partial charge in [0.05, 0.1) is 31.9 Å². The van der Waals surface area contributed by atoms with Crippen LogP contribution in [0.25, 0.3) is 0 Å². The molecule has 8 nitrogen and oxygen atoms in total. The van der Waals surface area contributed by atoms with Crippen LogP contribution in [-0.4, -0.2) is 48.5 Å². The molecule has 0 saturated carbocycles. The molecule has 0 spiro atoms. The Morgan fingerprint density at radius 1 is 0.912 bits per heavy atom. The highest BCUT2D eigenvalue weighted by Crippen LogP contribution is 2.32. The van der Waals surface area contributed by atoms with Gasteiger partial charge in [-0.1, -0.05) is 6.07 Å². The van der Waals surface area contributed by atoms with Gasteiger partial charge in [-0.3, -0.25) is 9.10 Å². The molecular weight excluding hydrogens is 476 g/mol. The Morgan fingerprint density at radius 2 is 1.62 bits per heavy atom. The van der Waals surface area contributed by atoms with Gasteiger partial charge in [-0.25, -0.2) is 8.42 Å². The molecular formula is C24H26N2O6S2. The summed E-state index contributed by atoms with van der Waals surface area (Å²) in [7, 11) is 0.264. The molecule has 0 aliphatic carbocycles. The Balaban J connectivity index is 1.98. The zero-order valence-electron chi connectivity index (χ0n) is 19.3. The molecule has 0 heterocycles. The smallest absolute Gasteiger partial charge is 0.264 e. The van der Waals surface area contributed by atoms with Crippen LogP contribution < -0.4 is 23.8 Å². The van der Waals surface area contributed by atoms with Crippen LogP contribution in [0.4, 0.5) is 11.4 Å². The minimum Gasteiger partial charge on any atom is -0.497 e. The molecule has 0 atom stereocenters. The molecule has 0 aromatic heterocycles. The second-order valence-corrected chi connectivity index (χ2v) is 9.75. The number of anilines is 2. The highest BCUT2D eigenvalue weighted by molar-refractivity contribution is 7.98. The molecule has 0 fully saturated rings. The van der Waals surface area contributed by atoms with Crippen LogP contribution in [0, 0.1) is 0 Å². The summed E-state index contributed by atoms with van der Waals surface area (Å²) < 4.78 is 44.0. The van der Waals surface area contributed by atoms with E-state index in [0.717, 1.165) is 9.20 Å². The minimum absolute atomic E-state index is 0.0434. The van der Waals surface area contributed by atoms with E-state index in [1.54, 1.807) is 42.1 Å².